The van der Waals surface area contributed by atoms with Crippen LogP contribution in [0.1, 0.15) is 37.1 Å². The van der Waals surface area contributed by atoms with Crippen LogP contribution in [0, 0.1) is 11.8 Å². The van der Waals surface area contributed by atoms with Crippen LogP contribution in [0.25, 0.3) is 0 Å². The van der Waals surface area contributed by atoms with Crippen LogP contribution in [0.4, 0.5) is 0 Å². The maximum atomic E-state index is 10.8. The van der Waals surface area contributed by atoms with Crippen molar-refractivity contribution < 1.29 is 10.0 Å². The molecule has 2 nitrogen and oxygen atoms in total. The standard InChI is InChI=1S/C20H25NO/c1-14-18(16-10-6-4-7-11-16)21(3)19(15(2)20(14)22)17-12-8-5-9-13-17/h4-15,18-20,22H,1-3H3/p+1/t14-,15+,18-,19-,20?/m0/s1. The first-order valence-corrected chi connectivity index (χ1v) is 8.22. The zero-order chi connectivity index (χ0) is 15.7. The Morgan fingerprint density at radius 3 is 1.45 bits per heavy atom. The Labute approximate surface area is 133 Å². The van der Waals surface area contributed by atoms with Gasteiger partial charge >= 0.3 is 0 Å². The van der Waals surface area contributed by atoms with E-state index in [-0.39, 0.29) is 17.9 Å². The minimum absolute atomic E-state index is 0.248. The number of piperidine rings is 1. The van der Waals surface area contributed by atoms with Crippen molar-refractivity contribution in [1.82, 2.24) is 0 Å². The molecule has 2 N–H and O–H groups in total. The number of rotatable bonds is 2. The van der Waals surface area contributed by atoms with Gasteiger partial charge in [0.1, 0.15) is 12.1 Å². The average Bonchev–Trinajstić information content (AvgIpc) is 2.55. The molecule has 1 saturated heterocycles. The summed E-state index contributed by atoms with van der Waals surface area (Å²) in [5, 5.41) is 10.8. The number of aliphatic hydroxyl groups excluding tert-OH is 1. The summed E-state index contributed by atoms with van der Waals surface area (Å²) >= 11 is 0. The van der Waals surface area contributed by atoms with Crippen molar-refractivity contribution in [3.63, 3.8) is 0 Å². The summed E-state index contributed by atoms with van der Waals surface area (Å²) in [4.78, 5) is 1.47. The normalized spacial score (nSPS) is 35.3. The zero-order valence-corrected chi connectivity index (χ0v) is 13.6. The van der Waals surface area contributed by atoms with Crippen LogP contribution in [-0.4, -0.2) is 18.3 Å². The molecule has 0 saturated carbocycles. The lowest BCUT2D eigenvalue weighted by Gasteiger charge is -2.47. The predicted molar refractivity (Wildman–Crippen MR) is 89.6 cm³/mol. The molecule has 0 aliphatic carbocycles. The summed E-state index contributed by atoms with van der Waals surface area (Å²) in [6.45, 7) is 4.37. The highest BCUT2D eigenvalue weighted by atomic mass is 16.3. The van der Waals surface area contributed by atoms with Crippen LogP contribution in [-0.2, 0) is 0 Å². The lowest BCUT2D eigenvalue weighted by molar-refractivity contribution is -0.959. The van der Waals surface area contributed by atoms with Gasteiger partial charge in [-0.05, 0) is 0 Å². The summed E-state index contributed by atoms with van der Waals surface area (Å²) in [6.07, 6.45) is -0.279. The van der Waals surface area contributed by atoms with Crippen molar-refractivity contribution in [3.8, 4) is 0 Å². The summed E-state index contributed by atoms with van der Waals surface area (Å²) in [5.41, 5.74) is 2.64. The van der Waals surface area contributed by atoms with Gasteiger partial charge in [-0.15, -0.1) is 0 Å². The van der Waals surface area contributed by atoms with Crippen LogP contribution in [0.3, 0.4) is 0 Å². The van der Waals surface area contributed by atoms with E-state index in [2.05, 4.69) is 81.6 Å². The number of nitrogens with one attached hydrogen (secondary N) is 1. The molecule has 2 unspecified atom stereocenters. The molecule has 6 atom stereocenters. The second-order valence-electron chi connectivity index (χ2n) is 6.73. The maximum absolute atomic E-state index is 10.8. The second-order valence-corrected chi connectivity index (χ2v) is 6.73. The maximum Gasteiger partial charge on any atom is 0.118 e. The smallest absolute Gasteiger partial charge is 0.118 e. The van der Waals surface area contributed by atoms with E-state index >= 15 is 0 Å². The van der Waals surface area contributed by atoms with Crippen molar-refractivity contribution in [2.24, 2.45) is 11.8 Å². The fourth-order valence-corrected chi connectivity index (χ4v) is 4.35. The predicted octanol–water partition coefficient (Wildman–Crippen LogP) is 2.63. The van der Waals surface area contributed by atoms with Crippen molar-refractivity contribution in [2.45, 2.75) is 32.0 Å². The highest BCUT2D eigenvalue weighted by molar-refractivity contribution is 5.22. The molecule has 0 amide bonds. The largest absolute Gasteiger partial charge is 0.392 e. The molecule has 1 aliphatic rings. The van der Waals surface area contributed by atoms with Gasteiger partial charge in [-0.25, -0.2) is 0 Å². The van der Waals surface area contributed by atoms with Gasteiger partial charge in [0.25, 0.3) is 0 Å². The number of aliphatic hydroxyl groups is 1. The van der Waals surface area contributed by atoms with Crippen LogP contribution in [0.5, 0.6) is 0 Å². The van der Waals surface area contributed by atoms with Gasteiger partial charge in [-0.1, -0.05) is 74.5 Å². The molecule has 1 heterocycles. The zero-order valence-electron chi connectivity index (χ0n) is 13.6. The summed E-state index contributed by atoms with van der Waals surface area (Å²) in [7, 11) is 2.27. The number of hydrogen-bond acceptors (Lipinski definition) is 1. The summed E-state index contributed by atoms with van der Waals surface area (Å²) in [6, 6.07) is 21.9. The summed E-state index contributed by atoms with van der Waals surface area (Å²) in [5.74, 6) is 0.495. The van der Waals surface area contributed by atoms with Gasteiger partial charge in [-0.2, -0.15) is 0 Å². The molecule has 22 heavy (non-hydrogen) atoms. The topological polar surface area (TPSA) is 24.7 Å². The lowest BCUT2D eigenvalue weighted by Crippen LogP contribution is -3.12. The molecule has 0 aromatic heterocycles. The Kier molecular flexibility index (Phi) is 4.32. The van der Waals surface area contributed by atoms with E-state index in [1.54, 1.807) is 0 Å². The Balaban J connectivity index is 2.01. The fourth-order valence-electron chi connectivity index (χ4n) is 4.35. The van der Waals surface area contributed by atoms with Crippen molar-refractivity contribution in [2.75, 3.05) is 7.05 Å². The number of quaternary nitrogens is 1. The minimum atomic E-state index is -0.279. The van der Waals surface area contributed by atoms with Crippen molar-refractivity contribution >= 4 is 0 Å². The molecular weight excluding hydrogens is 270 g/mol. The molecular formula is C20H26NO+. The quantitative estimate of drug-likeness (QED) is 0.875. The molecule has 0 spiro atoms. The highest BCUT2D eigenvalue weighted by Crippen LogP contribution is 2.36. The average molecular weight is 296 g/mol. The Morgan fingerprint density at radius 2 is 1.09 bits per heavy atom. The minimum Gasteiger partial charge on any atom is -0.392 e. The van der Waals surface area contributed by atoms with Crippen LogP contribution >= 0.6 is 0 Å². The molecule has 0 bridgehead atoms. The Bertz CT molecular complexity index is 544. The van der Waals surface area contributed by atoms with Crippen LogP contribution in [0.2, 0.25) is 0 Å². The molecule has 2 aromatic rings. The molecule has 2 aromatic carbocycles. The van der Waals surface area contributed by atoms with E-state index in [4.69, 9.17) is 0 Å². The molecule has 0 radical (unpaired) electrons. The van der Waals surface area contributed by atoms with E-state index < -0.39 is 0 Å². The fraction of sp³-hybridized carbons (Fsp3) is 0.400. The first-order chi connectivity index (χ1) is 10.6. The monoisotopic (exact) mass is 296 g/mol. The van der Waals surface area contributed by atoms with Gasteiger partial charge in [0.15, 0.2) is 0 Å². The Morgan fingerprint density at radius 1 is 0.727 bits per heavy atom. The highest BCUT2D eigenvalue weighted by Gasteiger charge is 2.47. The molecule has 1 aliphatic heterocycles. The third kappa shape index (κ3) is 2.57. The SMILES string of the molecule is C[C@@H]1C(O)[C@H](C)[C@@H](c2ccccc2)[NH+](C)[C@@H]1c1ccccc1. The van der Waals surface area contributed by atoms with E-state index in [9.17, 15) is 5.11 Å². The number of likely N-dealkylation sites (tertiary alicyclic amines) is 1. The van der Waals surface area contributed by atoms with Gasteiger partial charge in [0, 0.05) is 23.0 Å². The van der Waals surface area contributed by atoms with Crippen molar-refractivity contribution in [3.05, 3.63) is 71.8 Å². The first-order valence-electron chi connectivity index (χ1n) is 8.22. The van der Waals surface area contributed by atoms with Crippen LogP contribution in [0.15, 0.2) is 60.7 Å². The van der Waals surface area contributed by atoms with Gasteiger partial charge in [0.2, 0.25) is 0 Å². The van der Waals surface area contributed by atoms with Gasteiger partial charge in [0.05, 0.1) is 13.2 Å². The molecule has 116 valence electrons. The van der Waals surface area contributed by atoms with Gasteiger partial charge < -0.3 is 10.0 Å². The number of benzene rings is 2. The summed E-state index contributed by atoms with van der Waals surface area (Å²) < 4.78 is 0. The van der Waals surface area contributed by atoms with Crippen LogP contribution < -0.4 is 4.90 Å². The lowest BCUT2D eigenvalue weighted by atomic mass is 9.74. The molecule has 1 fully saturated rings. The van der Waals surface area contributed by atoms with E-state index in [0.717, 1.165) is 0 Å². The Hall–Kier alpha value is -1.64. The van der Waals surface area contributed by atoms with Crippen molar-refractivity contribution in [1.29, 1.82) is 0 Å². The van der Waals surface area contributed by atoms with Gasteiger partial charge in [-0.3, -0.25) is 0 Å². The molecule has 3 rings (SSSR count). The third-order valence-corrected chi connectivity index (χ3v) is 5.43. The first kappa shape index (κ1) is 15.3. The van der Waals surface area contributed by atoms with E-state index in [0.29, 0.717) is 12.1 Å². The second kappa shape index (κ2) is 6.23. The third-order valence-electron chi connectivity index (χ3n) is 5.43. The van der Waals surface area contributed by atoms with E-state index in [1.807, 2.05) is 0 Å². The molecule has 2 heteroatoms. The number of hydrogen-bond donors (Lipinski definition) is 2. The van der Waals surface area contributed by atoms with E-state index in [1.165, 1.54) is 16.0 Å².